The molecule has 0 aromatic rings. The summed E-state index contributed by atoms with van der Waals surface area (Å²) in [6, 6.07) is 0. The minimum absolute atomic E-state index is 0.568. The van der Waals surface area contributed by atoms with Crippen molar-refractivity contribution < 1.29 is 25.2 Å². The van der Waals surface area contributed by atoms with Crippen molar-refractivity contribution in [3.8, 4) is 0 Å². The molecule has 0 saturated heterocycles. The summed E-state index contributed by atoms with van der Waals surface area (Å²) >= 11 is 0. The van der Waals surface area contributed by atoms with Gasteiger partial charge in [-0.15, -0.1) is 0 Å². The van der Waals surface area contributed by atoms with Crippen LogP contribution < -0.4 is 0 Å². The van der Waals surface area contributed by atoms with Gasteiger partial charge in [0.25, 0.3) is 0 Å². The van der Waals surface area contributed by atoms with Crippen LogP contribution in [-0.4, -0.2) is 10.3 Å². The van der Waals surface area contributed by atoms with Gasteiger partial charge >= 0.3 is 33.0 Å². The third kappa shape index (κ3) is 62.9. The van der Waals surface area contributed by atoms with Crippen LogP contribution in [0.1, 0.15) is 41.5 Å². The first-order valence-electron chi connectivity index (χ1n) is 4.59. The van der Waals surface area contributed by atoms with Gasteiger partial charge in [0.15, 0.2) is 0 Å². The van der Waals surface area contributed by atoms with E-state index in [1.54, 1.807) is 0 Å². The molecule has 0 aliphatic heterocycles. The Morgan fingerprint density at radius 2 is 0.750 bits per heavy atom. The van der Waals surface area contributed by atoms with E-state index in [0.29, 0.717) is 18.9 Å². The summed E-state index contributed by atoms with van der Waals surface area (Å²) in [7, 11) is -10.1. The number of hydrogen-bond donors (Lipinski definition) is 0. The molecule has 0 saturated carbocycles. The second-order valence-electron chi connectivity index (χ2n) is 5.83. The van der Waals surface area contributed by atoms with E-state index >= 15 is 0 Å². The molecule has 0 aromatic carbocycles. The van der Waals surface area contributed by atoms with E-state index in [2.05, 4.69) is 41.5 Å². The molecule has 0 radical (unpaired) electrons. The Kier molecular flexibility index (Phi) is 4.68. The number of halogens is 6. The molecule has 16 heavy (non-hydrogen) atoms. The zero-order valence-electron chi connectivity index (χ0n) is 10.3. The van der Waals surface area contributed by atoms with Gasteiger partial charge in [-0.25, -0.2) is 0 Å². The van der Waals surface area contributed by atoms with Crippen LogP contribution in [0.4, 0.5) is 25.2 Å². The first kappa shape index (κ1) is 18.8. The van der Waals surface area contributed by atoms with Crippen LogP contribution in [0.3, 0.4) is 0 Å². The van der Waals surface area contributed by atoms with Gasteiger partial charge in [0.2, 0.25) is 0 Å². The maximum atomic E-state index is 9.87. The molecule has 0 heterocycles. The van der Waals surface area contributed by atoms with Crippen LogP contribution in [-0.2, 0) is 0 Å². The molecule has 0 aromatic heterocycles. The van der Waals surface area contributed by atoms with Crippen molar-refractivity contribution in [1.82, 2.24) is 0 Å². The molecule has 0 unspecified atom stereocenters. The fraction of sp³-hybridized carbons (Fsp3) is 1.00. The van der Waals surface area contributed by atoms with Gasteiger partial charge in [-0.05, 0) is 50.1 Å². The molecular formula is C8H20F6P2. The van der Waals surface area contributed by atoms with Crippen molar-refractivity contribution in [2.45, 2.75) is 51.9 Å². The van der Waals surface area contributed by atoms with Crippen molar-refractivity contribution in [3.05, 3.63) is 0 Å². The maximum absolute atomic E-state index is 10.7. The molecule has 0 bridgehead atoms. The summed E-state index contributed by atoms with van der Waals surface area (Å²) in [5.74, 6) is 0. The summed E-state index contributed by atoms with van der Waals surface area (Å²) < 4.78 is 59.2. The van der Waals surface area contributed by atoms with E-state index in [1.165, 1.54) is 0 Å². The SMILES string of the molecule is CC(C)(C)[PH2+]C(C)(C)C.F[P-](F)(F)(F)(F)F. The zero-order valence-corrected chi connectivity index (χ0v) is 12.3. The van der Waals surface area contributed by atoms with Gasteiger partial charge in [0, 0.05) is 0 Å². The summed E-state index contributed by atoms with van der Waals surface area (Å²) in [6.45, 7) is 14.0. The van der Waals surface area contributed by atoms with E-state index in [0.717, 1.165) is 0 Å². The molecule has 0 aliphatic rings. The normalized spacial score (nSPS) is 18.0. The number of rotatable bonds is 0. The summed E-state index contributed by atoms with van der Waals surface area (Å²) in [5.41, 5.74) is 0. The molecule has 0 aliphatic carbocycles. The van der Waals surface area contributed by atoms with Crippen LogP contribution in [0, 0.1) is 0 Å². The van der Waals surface area contributed by atoms with Crippen molar-refractivity contribution in [3.63, 3.8) is 0 Å². The molecule has 0 fully saturated rings. The van der Waals surface area contributed by atoms with Crippen molar-refractivity contribution in [1.29, 1.82) is 0 Å². The quantitative estimate of drug-likeness (QED) is 0.359. The number of hydrogen-bond acceptors (Lipinski definition) is 0. The summed E-state index contributed by atoms with van der Waals surface area (Å²) in [5, 5.41) is 1.14. The molecule has 0 N–H and O–H groups in total. The summed E-state index contributed by atoms with van der Waals surface area (Å²) in [6.07, 6.45) is 0. The average Bonchev–Trinajstić information content (AvgIpc) is 1.36. The second kappa shape index (κ2) is 3.98. The molecule has 0 amide bonds. The van der Waals surface area contributed by atoms with Gasteiger partial charge in [-0.1, -0.05) is 0 Å². The molecule has 0 rings (SSSR count). The van der Waals surface area contributed by atoms with Crippen molar-refractivity contribution in [2.75, 3.05) is 0 Å². The topological polar surface area (TPSA) is 0 Å². The van der Waals surface area contributed by atoms with Crippen LogP contribution in [0.5, 0.6) is 0 Å². The van der Waals surface area contributed by atoms with Gasteiger partial charge in [-0.2, -0.15) is 0 Å². The minimum atomic E-state index is -10.7. The Labute approximate surface area is 94.2 Å². The molecule has 104 valence electrons. The fourth-order valence-corrected chi connectivity index (χ4v) is 3.90. The standard InChI is InChI=1S/C8H19P.F6P/c1-7(2,3)9-8(4,5)6;1-7(2,3,4,5)6/h9H,1-6H3;/q;-1/p+1. The third-order valence-electron chi connectivity index (χ3n) is 0.866. The molecular weight excluding hydrogens is 272 g/mol. The van der Waals surface area contributed by atoms with Gasteiger partial charge < -0.3 is 0 Å². The van der Waals surface area contributed by atoms with Crippen LogP contribution in [0.2, 0.25) is 0 Å². The molecule has 0 spiro atoms. The molecule has 8 heteroatoms. The van der Waals surface area contributed by atoms with Crippen LogP contribution in [0.15, 0.2) is 0 Å². The summed E-state index contributed by atoms with van der Waals surface area (Å²) in [4.78, 5) is 0. The zero-order chi connectivity index (χ0) is 14.1. The van der Waals surface area contributed by atoms with Crippen LogP contribution in [0.25, 0.3) is 0 Å². The predicted molar refractivity (Wildman–Crippen MR) is 62.8 cm³/mol. The monoisotopic (exact) mass is 292 g/mol. The van der Waals surface area contributed by atoms with Gasteiger partial charge in [-0.3, -0.25) is 0 Å². The van der Waals surface area contributed by atoms with Gasteiger partial charge in [0.1, 0.15) is 0 Å². The fourth-order valence-electron chi connectivity index (χ4n) is 1.30. The second-order valence-corrected chi connectivity index (χ2v) is 11.5. The van der Waals surface area contributed by atoms with E-state index in [4.69, 9.17) is 0 Å². The Balaban J connectivity index is 0. The Bertz CT molecular complexity index is 202. The first-order chi connectivity index (χ1) is 6.16. The van der Waals surface area contributed by atoms with Crippen LogP contribution >= 0.6 is 16.4 Å². The third-order valence-corrected chi connectivity index (χ3v) is 2.60. The predicted octanol–water partition coefficient (Wildman–Crippen LogP) is 6.38. The molecule has 0 nitrogen and oxygen atoms in total. The Morgan fingerprint density at radius 3 is 0.750 bits per heavy atom. The van der Waals surface area contributed by atoms with Crippen molar-refractivity contribution in [2.24, 2.45) is 0 Å². The Hall–Kier alpha value is 0.440. The molecule has 0 atom stereocenters. The van der Waals surface area contributed by atoms with E-state index in [1.807, 2.05) is 0 Å². The van der Waals surface area contributed by atoms with E-state index in [-0.39, 0.29) is 0 Å². The van der Waals surface area contributed by atoms with E-state index < -0.39 is 7.81 Å². The van der Waals surface area contributed by atoms with Crippen molar-refractivity contribution >= 4 is 16.4 Å². The first-order valence-corrected chi connectivity index (χ1v) is 7.77. The van der Waals surface area contributed by atoms with Gasteiger partial charge in [0.05, 0.1) is 10.3 Å². The average molecular weight is 292 g/mol. The Morgan fingerprint density at radius 1 is 0.625 bits per heavy atom. The van der Waals surface area contributed by atoms with E-state index in [9.17, 15) is 25.2 Å².